The quantitative estimate of drug-likeness (QED) is 0.607. The molecule has 3 aromatic carbocycles. The van der Waals surface area contributed by atoms with Crippen LogP contribution in [0.3, 0.4) is 0 Å². The Kier molecular flexibility index (Phi) is 3.52. The first kappa shape index (κ1) is 16.0. The van der Waals surface area contributed by atoms with E-state index >= 15 is 0 Å². The SMILES string of the molecule is N=C1N=C(N)c2cc3cc(Cl)c(Cl)cc3c(-c3cc(F)cc(F)c3)c21. The Morgan fingerprint density at radius 1 is 0.880 bits per heavy atom. The van der Waals surface area contributed by atoms with E-state index in [0.29, 0.717) is 37.5 Å². The van der Waals surface area contributed by atoms with E-state index < -0.39 is 11.6 Å². The predicted molar refractivity (Wildman–Crippen MR) is 96.9 cm³/mol. The molecule has 0 radical (unpaired) electrons. The van der Waals surface area contributed by atoms with Crippen molar-refractivity contribution in [2.45, 2.75) is 0 Å². The Bertz CT molecular complexity index is 1100. The molecule has 0 atom stereocenters. The number of rotatable bonds is 1. The van der Waals surface area contributed by atoms with Crippen molar-refractivity contribution in [2.75, 3.05) is 0 Å². The zero-order valence-electron chi connectivity index (χ0n) is 12.5. The molecular formula is C18H9Cl2F2N3. The van der Waals surface area contributed by atoms with Gasteiger partial charge in [-0.3, -0.25) is 5.41 Å². The number of fused-ring (bicyclic) bond motifs is 2. The molecule has 0 spiro atoms. The van der Waals surface area contributed by atoms with E-state index in [2.05, 4.69) is 4.99 Å². The second-order valence-electron chi connectivity index (χ2n) is 5.67. The summed E-state index contributed by atoms with van der Waals surface area (Å²) in [6.45, 7) is 0. The standard InChI is InChI=1S/C18H9Cl2F2N3/c19-13-4-7-3-12-16(18(24)25-17(12)23)15(11(7)6-14(13)20)8-1-9(21)5-10(22)2-8/h1-6H,(H3,23,24,25). The van der Waals surface area contributed by atoms with Gasteiger partial charge in [0.05, 0.1) is 10.0 Å². The lowest BCUT2D eigenvalue weighted by molar-refractivity contribution is 0.584. The largest absolute Gasteiger partial charge is 0.383 e. The van der Waals surface area contributed by atoms with E-state index in [9.17, 15) is 8.78 Å². The highest BCUT2D eigenvalue weighted by Crippen LogP contribution is 2.40. The molecule has 0 bridgehead atoms. The Morgan fingerprint density at radius 3 is 2.20 bits per heavy atom. The molecule has 0 fully saturated rings. The smallest absolute Gasteiger partial charge is 0.155 e. The van der Waals surface area contributed by atoms with E-state index in [1.54, 1.807) is 18.2 Å². The number of benzene rings is 3. The number of amidine groups is 2. The average molecular weight is 376 g/mol. The third-order valence-electron chi connectivity index (χ3n) is 4.08. The maximum absolute atomic E-state index is 13.8. The van der Waals surface area contributed by atoms with Crippen molar-refractivity contribution in [2.24, 2.45) is 10.7 Å². The van der Waals surface area contributed by atoms with Gasteiger partial charge in [-0.05, 0) is 46.7 Å². The molecule has 1 aliphatic rings. The number of nitrogens with two attached hydrogens (primary N) is 1. The molecule has 0 amide bonds. The van der Waals surface area contributed by atoms with Crippen LogP contribution < -0.4 is 5.73 Å². The van der Waals surface area contributed by atoms with Crippen LogP contribution in [0.4, 0.5) is 8.78 Å². The number of nitrogens with one attached hydrogen (secondary N) is 1. The number of nitrogens with zero attached hydrogens (tertiary/aromatic N) is 1. The molecule has 0 aromatic heterocycles. The Morgan fingerprint density at radius 2 is 1.52 bits per heavy atom. The zero-order chi connectivity index (χ0) is 17.9. The van der Waals surface area contributed by atoms with Crippen molar-refractivity contribution in [1.82, 2.24) is 0 Å². The Balaban J connectivity index is 2.20. The second-order valence-corrected chi connectivity index (χ2v) is 6.48. The number of halogens is 4. The minimum atomic E-state index is -0.723. The van der Waals surface area contributed by atoms with E-state index in [4.69, 9.17) is 34.3 Å². The molecule has 7 heteroatoms. The van der Waals surface area contributed by atoms with Crippen LogP contribution in [0.25, 0.3) is 21.9 Å². The van der Waals surface area contributed by atoms with Crippen molar-refractivity contribution in [3.63, 3.8) is 0 Å². The van der Waals surface area contributed by atoms with Crippen molar-refractivity contribution in [1.29, 1.82) is 5.41 Å². The van der Waals surface area contributed by atoms with Crippen LogP contribution in [0.15, 0.2) is 41.4 Å². The monoisotopic (exact) mass is 375 g/mol. The van der Waals surface area contributed by atoms with Crippen molar-refractivity contribution in [3.8, 4) is 11.1 Å². The van der Waals surface area contributed by atoms with Crippen LogP contribution in [0.5, 0.6) is 0 Å². The lowest BCUT2D eigenvalue weighted by atomic mass is 9.89. The summed E-state index contributed by atoms with van der Waals surface area (Å²) in [7, 11) is 0. The number of hydrogen-bond donors (Lipinski definition) is 2. The van der Waals surface area contributed by atoms with Gasteiger partial charge in [-0.1, -0.05) is 23.2 Å². The van der Waals surface area contributed by atoms with E-state index in [-0.39, 0.29) is 17.2 Å². The summed E-state index contributed by atoms with van der Waals surface area (Å²) in [6.07, 6.45) is 0. The van der Waals surface area contributed by atoms with Crippen LogP contribution in [0.2, 0.25) is 10.0 Å². The topological polar surface area (TPSA) is 62.2 Å². The highest BCUT2D eigenvalue weighted by atomic mass is 35.5. The van der Waals surface area contributed by atoms with Gasteiger partial charge in [-0.25, -0.2) is 13.8 Å². The van der Waals surface area contributed by atoms with Gasteiger partial charge >= 0.3 is 0 Å². The van der Waals surface area contributed by atoms with Gasteiger partial charge in [0.15, 0.2) is 5.84 Å². The fourth-order valence-corrected chi connectivity index (χ4v) is 3.41. The van der Waals surface area contributed by atoms with E-state index in [0.717, 1.165) is 6.07 Å². The van der Waals surface area contributed by atoms with Gasteiger partial charge in [0.2, 0.25) is 0 Å². The first-order chi connectivity index (χ1) is 11.8. The summed E-state index contributed by atoms with van der Waals surface area (Å²) in [4.78, 5) is 3.98. The first-order valence-electron chi connectivity index (χ1n) is 7.21. The highest BCUT2D eigenvalue weighted by molar-refractivity contribution is 6.43. The first-order valence-corrected chi connectivity index (χ1v) is 7.96. The van der Waals surface area contributed by atoms with Crippen LogP contribution >= 0.6 is 23.2 Å². The Hall–Kier alpha value is -2.50. The summed E-state index contributed by atoms with van der Waals surface area (Å²) in [5, 5.41) is 10.0. The second kappa shape index (κ2) is 5.51. The van der Waals surface area contributed by atoms with Crippen LogP contribution in [-0.4, -0.2) is 11.7 Å². The molecule has 0 saturated carbocycles. The lowest BCUT2D eigenvalue weighted by Crippen LogP contribution is -2.10. The minimum Gasteiger partial charge on any atom is -0.383 e. The summed E-state index contributed by atoms with van der Waals surface area (Å²) in [6, 6.07) is 8.18. The van der Waals surface area contributed by atoms with Gasteiger partial charge in [-0.2, -0.15) is 0 Å². The van der Waals surface area contributed by atoms with Crippen LogP contribution in [-0.2, 0) is 0 Å². The molecule has 3 nitrogen and oxygen atoms in total. The van der Waals surface area contributed by atoms with Gasteiger partial charge in [-0.15, -0.1) is 0 Å². The molecule has 4 rings (SSSR count). The molecule has 1 heterocycles. The van der Waals surface area contributed by atoms with Gasteiger partial charge in [0.25, 0.3) is 0 Å². The molecule has 1 aliphatic heterocycles. The van der Waals surface area contributed by atoms with Crippen molar-refractivity contribution in [3.05, 3.63) is 69.2 Å². The normalized spacial score (nSPS) is 13.3. The van der Waals surface area contributed by atoms with Crippen molar-refractivity contribution >= 4 is 45.6 Å². The molecule has 0 aliphatic carbocycles. The molecule has 25 heavy (non-hydrogen) atoms. The van der Waals surface area contributed by atoms with E-state index in [1.165, 1.54) is 12.1 Å². The molecule has 0 unspecified atom stereocenters. The fourth-order valence-electron chi connectivity index (χ4n) is 3.08. The van der Waals surface area contributed by atoms with Crippen LogP contribution in [0, 0.1) is 17.0 Å². The Labute approximate surface area is 151 Å². The molecule has 124 valence electrons. The summed E-state index contributed by atoms with van der Waals surface area (Å²) in [5.74, 6) is -1.34. The third kappa shape index (κ3) is 2.47. The summed E-state index contributed by atoms with van der Waals surface area (Å²) >= 11 is 12.2. The minimum absolute atomic E-state index is 0.0693. The molecule has 0 saturated heterocycles. The maximum atomic E-state index is 13.8. The molecule has 3 aromatic rings. The number of aliphatic imine (C=N–C) groups is 1. The molecular weight excluding hydrogens is 367 g/mol. The lowest BCUT2D eigenvalue weighted by Gasteiger charge is -2.14. The highest BCUT2D eigenvalue weighted by Gasteiger charge is 2.26. The van der Waals surface area contributed by atoms with Crippen molar-refractivity contribution < 1.29 is 8.78 Å². The van der Waals surface area contributed by atoms with Gasteiger partial charge < -0.3 is 5.73 Å². The number of hydrogen-bond acceptors (Lipinski definition) is 2. The van der Waals surface area contributed by atoms with Gasteiger partial charge in [0.1, 0.15) is 17.5 Å². The molecule has 3 N–H and O–H groups in total. The predicted octanol–water partition coefficient (Wildman–Crippen LogP) is 5.14. The zero-order valence-corrected chi connectivity index (χ0v) is 14.0. The average Bonchev–Trinajstić information content (AvgIpc) is 2.80. The summed E-state index contributed by atoms with van der Waals surface area (Å²) in [5.41, 5.74) is 7.55. The van der Waals surface area contributed by atoms with Gasteiger partial charge in [0, 0.05) is 22.8 Å². The van der Waals surface area contributed by atoms with E-state index in [1.807, 2.05) is 0 Å². The van der Waals surface area contributed by atoms with Crippen LogP contribution in [0.1, 0.15) is 11.1 Å². The summed E-state index contributed by atoms with van der Waals surface area (Å²) < 4.78 is 27.6. The third-order valence-corrected chi connectivity index (χ3v) is 4.80. The fraction of sp³-hybridized carbons (Fsp3) is 0. The maximum Gasteiger partial charge on any atom is 0.155 e.